The number of hydrogen-bond donors (Lipinski definition) is 0. The van der Waals surface area contributed by atoms with Crippen molar-refractivity contribution in [3.8, 4) is 0 Å². The van der Waals surface area contributed by atoms with Gasteiger partial charge in [-0.15, -0.1) is 0 Å². The van der Waals surface area contributed by atoms with E-state index in [0.29, 0.717) is 13.0 Å². The van der Waals surface area contributed by atoms with Gasteiger partial charge in [0, 0.05) is 13.7 Å². The van der Waals surface area contributed by atoms with Gasteiger partial charge in [-0.1, -0.05) is 166 Å². The number of nitrogens with zero attached hydrogens (tertiary/aromatic N) is 1. The Morgan fingerprint density at radius 1 is 0.491 bits per heavy atom. The second-order valence-electron chi connectivity index (χ2n) is 15.5. The maximum absolute atomic E-state index is 12.3. The minimum atomic E-state index is -0.0578. The number of esters is 1. The third-order valence-electron chi connectivity index (χ3n) is 10.9. The van der Waals surface area contributed by atoms with E-state index in [9.17, 15) is 4.79 Å². The first-order chi connectivity index (χ1) is 26.1. The summed E-state index contributed by atoms with van der Waals surface area (Å²) in [5.41, 5.74) is -0.0305. The van der Waals surface area contributed by atoms with Crippen LogP contribution in [-0.2, 0) is 14.3 Å². The summed E-state index contributed by atoms with van der Waals surface area (Å²) in [5.74, 6) is -0.0578. The van der Waals surface area contributed by atoms with Gasteiger partial charge in [0.2, 0.25) is 0 Å². The molecule has 0 atom stereocenters. The molecule has 0 saturated heterocycles. The molecule has 0 radical (unpaired) electrons. The van der Waals surface area contributed by atoms with E-state index in [-0.39, 0.29) is 11.6 Å². The Morgan fingerprint density at radius 2 is 0.868 bits per heavy atom. The van der Waals surface area contributed by atoms with Gasteiger partial charge < -0.3 is 14.4 Å². The van der Waals surface area contributed by atoms with E-state index in [1.807, 2.05) is 7.11 Å². The highest BCUT2D eigenvalue weighted by atomic mass is 16.5. The number of unbranched alkanes of at least 4 members (excludes halogenated alkanes) is 19. The van der Waals surface area contributed by atoms with Crippen LogP contribution in [0.3, 0.4) is 0 Å². The van der Waals surface area contributed by atoms with Crippen molar-refractivity contribution < 1.29 is 14.3 Å². The molecular formula is C49H91NO3. The average molecular weight is 742 g/mol. The fourth-order valence-corrected chi connectivity index (χ4v) is 7.15. The van der Waals surface area contributed by atoms with Gasteiger partial charge in [0.15, 0.2) is 0 Å². The molecule has 0 aromatic carbocycles. The van der Waals surface area contributed by atoms with E-state index in [4.69, 9.17) is 9.47 Å². The summed E-state index contributed by atoms with van der Waals surface area (Å²) in [6, 6.07) is 0. The lowest BCUT2D eigenvalue weighted by Crippen LogP contribution is -2.31. The largest absolute Gasteiger partial charge is 0.466 e. The molecule has 0 saturated carbocycles. The number of carbonyl (C=O) groups is 1. The Bertz CT molecular complexity index is 823. The first kappa shape index (κ1) is 51.4. The average Bonchev–Trinajstić information content (AvgIpc) is 3.17. The SMILES string of the molecule is CCCCC/C=C\C/C=C\CCCCCCCCC(CCCCCCCC/C=C\C/C=C\CCCCC)(CCCCOC(=O)CCN(CC)CC)OC. The first-order valence-corrected chi connectivity index (χ1v) is 23.1. The Labute approximate surface area is 332 Å². The number of hydrogen-bond acceptors (Lipinski definition) is 4. The van der Waals surface area contributed by atoms with Crippen molar-refractivity contribution in [2.45, 2.75) is 226 Å². The Balaban J connectivity index is 4.44. The van der Waals surface area contributed by atoms with Crippen LogP contribution in [0.25, 0.3) is 0 Å². The highest BCUT2D eigenvalue weighted by molar-refractivity contribution is 5.69. The van der Waals surface area contributed by atoms with Crippen LogP contribution in [0, 0.1) is 0 Å². The zero-order chi connectivity index (χ0) is 38.8. The minimum absolute atomic E-state index is 0.0305. The maximum Gasteiger partial charge on any atom is 0.307 e. The quantitative estimate of drug-likeness (QED) is 0.0355. The number of carbonyl (C=O) groups excluding carboxylic acids is 1. The van der Waals surface area contributed by atoms with E-state index < -0.39 is 0 Å². The van der Waals surface area contributed by atoms with Crippen molar-refractivity contribution in [1.82, 2.24) is 4.90 Å². The number of ether oxygens (including phenoxy) is 2. The Morgan fingerprint density at radius 3 is 1.26 bits per heavy atom. The number of methoxy groups -OCH3 is 1. The summed E-state index contributed by atoms with van der Waals surface area (Å²) in [6.45, 7) is 12.1. The first-order valence-electron chi connectivity index (χ1n) is 23.1. The molecule has 0 aromatic rings. The Kier molecular flexibility index (Phi) is 40.2. The molecule has 0 aliphatic heterocycles. The normalized spacial score (nSPS) is 12.6. The second-order valence-corrected chi connectivity index (χ2v) is 15.5. The zero-order valence-electron chi connectivity index (χ0n) is 36.3. The molecule has 0 spiro atoms. The highest BCUT2D eigenvalue weighted by Crippen LogP contribution is 2.32. The molecule has 0 amide bonds. The fraction of sp³-hybridized carbons (Fsp3) is 0.816. The van der Waals surface area contributed by atoms with Gasteiger partial charge in [0.05, 0.1) is 18.6 Å². The smallest absolute Gasteiger partial charge is 0.307 e. The summed E-state index contributed by atoms with van der Waals surface area (Å²) in [5, 5.41) is 0. The molecule has 4 heteroatoms. The third kappa shape index (κ3) is 35.8. The monoisotopic (exact) mass is 742 g/mol. The van der Waals surface area contributed by atoms with E-state index in [1.54, 1.807) is 0 Å². The van der Waals surface area contributed by atoms with Crippen LogP contribution in [0.1, 0.15) is 220 Å². The van der Waals surface area contributed by atoms with Crippen LogP contribution in [0.4, 0.5) is 0 Å². The minimum Gasteiger partial charge on any atom is -0.466 e. The van der Waals surface area contributed by atoms with Gasteiger partial charge in [0.25, 0.3) is 0 Å². The molecule has 310 valence electrons. The van der Waals surface area contributed by atoms with E-state index in [2.05, 4.69) is 81.2 Å². The van der Waals surface area contributed by atoms with Gasteiger partial charge in [-0.05, 0) is 109 Å². The molecule has 4 nitrogen and oxygen atoms in total. The van der Waals surface area contributed by atoms with Crippen molar-refractivity contribution in [3.63, 3.8) is 0 Å². The molecule has 0 unspecified atom stereocenters. The van der Waals surface area contributed by atoms with E-state index >= 15 is 0 Å². The van der Waals surface area contributed by atoms with Crippen molar-refractivity contribution in [1.29, 1.82) is 0 Å². The molecule has 0 aliphatic carbocycles. The predicted molar refractivity (Wildman–Crippen MR) is 235 cm³/mol. The highest BCUT2D eigenvalue weighted by Gasteiger charge is 2.28. The Hall–Kier alpha value is -1.65. The summed E-state index contributed by atoms with van der Waals surface area (Å²) in [4.78, 5) is 14.5. The summed E-state index contributed by atoms with van der Waals surface area (Å²) in [7, 11) is 1.94. The van der Waals surface area contributed by atoms with Crippen molar-refractivity contribution in [2.75, 3.05) is 33.4 Å². The standard InChI is InChI=1S/C49H91NO3/c1-6-10-12-14-16-18-20-22-24-26-28-30-32-34-36-38-43-49(52-5,45-40-41-47-53-48(51)42-46-50(8-3)9-4)44-39-37-35-33-31-29-27-25-23-21-19-17-15-13-11-7-2/h16-19,22-25H,6-15,20-21,26-47H2,1-5H3/b18-16-,19-17-,24-22-,25-23-. The summed E-state index contributed by atoms with van der Waals surface area (Å²) < 4.78 is 12.0. The molecule has 0 bridgehead atoms. The zero-order valence-corrected chi connectivity index (χ0v) is 36.3. The van der Waals surface area contributed by atoms with Crippen LogP contribution >= 0.6 is 0 Å². The van der Waals surface area contributed by atoms with Crippen LogP contribution in [-0.4, -0.2) is 49.8 Å². The summed E-state index contributed by atoms with van der Waals surface area (Å²) >= 11 is 0. The van der Waals surface area contributed by atoms with Crippen molar-refractivity contribution in [2.24, 2.45) is 0 Å². The lowest BCUT2D eigenvalue weighted by atomic mass is 9.85. The topological polar surface area (TPSA) is 38.8 Å². The molecule has 0 aromatic heterocycles. The van der Waals surface area contributed by atoms with E-state index in [1.165, 1.54) is 141 Å². The maximum atomic E-state index is 12.3. The van der Waals surface area contributed by atoms with Gasteiger partial charge in [0.1, 0.15) is 0 Å². The second kappa shape index (κ2) is 41.5. The fourth-order valence-electron chi connectivity index (χ4n) is 7.15. The molecule has 0 N–H and O–H groups in total. The molecule has 0 aliphatic rings. The lowest BCUT2D eigenvalue weighted by molar-refractivity contribution is -0.144. The molecule has 0 fully saturated rings. The van der Waals surface area contributed by atoms with Crippen LogP contribution in [0.2, 0.25) is 0 Å². The van der Waals surface area contributed by atoms with Crippen molar-refractivity contribution >= 4 is 5.97 Å². The van der Waals surface area contributed by atoms with E-state index in [0.717, 1.165) is 64.6 Å². The number of allylic oxidation sites excluding steroid dienone is 8. The number of rotatable bonds is 41. The molecule has 0 rings (SSSR count). The molecule has 53 heavy (non-hydrogen) atoms. The lowest BCUT2D eigenvalue weighted by Gasteiger charge is -2.33. The molecular weight excluding hydrogens is 651 g/mol. The van der Waals surface area contributed by atoms with Crippen LogP contribution in [0.15, 0.2) is 48.6 Å². The van der Waals surface area contributed by atoms with Gasteiger partial charge in [-0.3, -0.25) is 4.79 Å². The molecule has 0 heterocycles. The van der Waals surface area contributed by atoms with Crippen LogP contribution < -0.4 is 0 Å². The van der Waals surface area contributed by atoms with Crippen molar-refractivity contribution in [3.05, 3.63) is 48.6 Å². The van der Waals surface area contributed by atoms with Gasteiger partial charge >= 0.3 is 5.97 Å². The van der Waals surface area contributed by atoms with Gasteiger partial charge in [-0.2, -0.15) is 0 Å². The summed E-state index contributed by atoms with van der Waals surface area (Å²) in [6.07, 6.45) is 55.5. The third-order valence-corrected chi connectivity index (χ3v) is 10.9. The van der Waals surface area contributed by atoms with Gasteiger partial charge in [-0.25, -0.2) is 0 Å². The predicted octanol–water partition coefficient (Wildman–Crippen LogP) is 15.2. The van der Waals surface area contributed by atoms with Crippen LogP contribution in [0.5, 0.6) is 0 Å².